The minimum absolute atomic E-state index is 0. The number of halogens is 1. The van der Waals surface area contributed by atoms with E-state index in [0.29, 0.717) is 6.42 Å². The van der Waals surface area contributed by atoms with E-state index >= 15 is 0 Å². The lowest BCUT2D eigenvalue weighted by molar-refractivity contribution is -0.118. The Kier molecular flexibility index (Phi) is 9.06. The number of guanidine groups is 1. The Morgan fingerprint density at radius 2 is 2.00 bits per heavy atom. The number of hydrogen-bond donors (Lipinski definition) is 2. The summed E-state index contributed by atoms with van der Waals surface area (Å²) in [6, 6.07) is 12.4. The second kappa shape index (κ2) is 11.3. The van der Waals surface area contributed by atoms with Gasteiger partial charge in [0, 0.05) is 43.7 Å². The van der Waals surface area contributed by atoms with Crippen molar-refractivity contribution in [3.8, 4) is 0 Å². The summed E-state index contributed by atoms with van der Waals surface area (Å²) in [7, 11) is 1.77. The first-order chi connectivity index (χ1) is 12.8. The zero-order valence-electron chi connectivity index (χ0n) is 15.6. The highest BCUT2D eigenvalue weighted by Gasteiger charge is 2.23. The van der Waals surface area contributed by atoms with Gasteiger partial charge in [0.2, 0.25) is 5.91 Å². The normalized spacial score (nSPS) is 13.1. The van der Waals surface area contributed by atoms with Crippen LogP contribution in [-0.4, -0.2) is 38.5 Å². The highest BCUT2D eigenvalue weighted by molar-refractivity contribution is 14.0. The van der Waals surface area contributed by atoms with Crippen molar-refractivity contribution in [1.29, 1.82) is 0 Å². The van der Waals surface area contributed by atoms with Crippen LogP contribution in [0.1, 0.15) is 23.3 Å². The molecule has 1 aromatic carbocycles. The molecule has 0 unspecified atom stereocenters. The fourth-order valence-corrected chi connectivity index (χ4v) is 3.87. The molecule has 1 aromatic heterocycles. The van der Waals surface area contributed by atoms with Crippen molar-refractivity contribution in [2.24, 2.45) is 4.99 Å². The molecule has 7 heteroatoms. The average molecular weight is 498 g/mol. The Morgan fingerprint density at radius 1 is 1.19 bits per heavy atom. The molecule has 0 bridgehead atoms. The third-order valence-electron chi connectivity index (χ3n) is 4.52. The van der Waals surface area contributed by atoms with Crippen LogP contribution in [-0.2, 0) is 17.6 Å². The van der Waals surface area contributed by atoms with Crippen molar-refractivity contribution in [3.05, 3.63) is 52.2 Å². The summed E-state index contributed by atoms with van der Waals surface area (Å²) < 4.78 is 0. The molecular weight excluding hydrogens is 471 g/mol. The molecule has 146 valence electrons. The molecule has 0 saturated carbocycles. The van der Waals surface area contributed by atoms with Gasteiger partial charge in [0.25, 0.3) is 0 Å². The zero-order valence-corrected chi connectivity index (χ0v) is 18.8. The average Bonchev–Trinajstić information content (AvgIpc) is 3.33. The highest BCUT2D eigenvalue weighted by Crippen LogP contribution is 2.27. The number of carbonyl (C=O) groups excluding carboxylic acids is 1. The van der Waals surface area contributed by atoms with Gasteiger partial charge in [-0.15, -0.1) is 35.3 Å². The molecule has 5 nitrogen and oxygen atoms in total. The molecule has 0 saturated heterocycles. The number of benzene rings is 1. The summed E-state index contributed by atoms with van der Waals surface area (Å²) in [6.45, 7) is 2.39. The molecule has 1 aliphatic heterocycles. The Labute approximate surface area is 182 Å². The van der Waals surface area contributed by atoms with Crippen LogP contribution in [0.15, 0.2) is 46.8 Å². The van der Waals surface area contributed by atoms with Crippen LogP contribution >= 0.6 is 35.3 Å². The monoisotopic (exact) mass is 498 g/mol. The first kappa shape index (κ1) is 21.7. The first-order valence-electron chi connectivity index (χ1n) is 9.13. The Hall–Kier alpha value is -1.61. The molecule has 2 N–H and O–H groups in total. The van der Waals surface area contributed by atoms with Crippen LogP contribution in [0.3, 0.4) is 0 Å². The van der Waals surface area contributed by atoms with Crippen LogP contribution in [0, 0.1) is 0 Å². The van der Waals surface area contributed by atoms with Crippen molar-refractivity contribution < 1.29 is 4.79 Å². The lowest BCUT2D eigenvalue weighted by Crippen LogP contribution is -2.39. The molecule has 2 heterocycles. The van der Waals surface area contributed by atoms with E-state index in [1.165, 1.54) is 10.4 Å². The predicted octanol–water partition coefficient (Wildman–Crippen LogP) is 3.44. The molecule has 27 heavy (non-hydrogen) atoms. The van der Waals surface area contributed by atoms with Crippen LogP contribution < -0.4 is 15.5 Å². The maximum Gasteiger partial charge on any atom is 0.227 e. The lowest BCUT2D eigenvalue weighted by Gasteiger charge is -2.17. The number of nitrogens with one attached hydrogen (secondary N) is 2. The number of rotatable bonds is 7. The standard InChI is InChI=1S/C20H26N4OS.HI/c1-21-20(23-13-10-17-7-5-15-26-17)22-12-4-9-19(25)24-14-11-16-6-2-3-8-18(16)24;/h2-3,5-8,15H,4,9-14H2,1H3,(H2,21,22,23);1H. The van der Waals surface area contributed by atoms with E-state index in [1.54, 1.807) is 18.4 Å². The minimum atomic E-state index is 0. The summed E-state index contributed by atoms with van der Waals surface area (Å²) >= 11 is 1.77. The largest absolute Gasteiger partial charge is 0.356 e. The number of nitrogens with zero attached hydrogens (tertiary/aromatic N) is 2. The molecule has 0 radical (unpaired) electrons. The second-order valence-electron chi connectivity index (χ2n) is 6.28. The van der Waals surface area contributed by atoms with Crippen LogP contribution in [0.4, 0.5) is 5.69 Å². The molecule has 2 aromatic rings. The van der Waals surface area contributed by atoms with Gasteiger partial charge in [-0.2, -0.15) is 0 Å². The Morgan fingerprint density at radius 3 is 2.78 bits per heavy atom. The fraction of sp³-hybridized carbons (Fsp3) is 0.400. The van der Waals surface area contributed by atoms with Gasteiger partial charge in [-0.25, -0.2) is 0 Å². The maximum absolute atomic E-state index is 12.5. The smallest absolute Gasteiger partial charge is 0.227 e. The highest BCUT2D eigenvalue weighted by atomic mass is 127. The van der Waals surface area contributed by atoms with Gasteiger partial charge in [-0.05, 0) is 42.3 Å². The molecule has 3 rings (SSSR count). The van der Waals surface area contributed by atoms with Crippen molar-refractivity contribution in [1.82, 2.24) is 10.6 Å². The van der Waals surface area contributed by atoms with E-state index in [0.717, 1.165) is 50.5 Å². The quantitative estimate of drug-likeness (QED) is 0.266. The van der Waals surface area contributed by atoms with Gasteiger partial charge in [0.15, 0.2) is 5.96 Å². The van der Waals surface area contributed by atoms with E-state index in [-0.39, 0.29) is 29.9 Å². The summed E-state index contributed by atoms with van der Waals surface area (Å²) in [5.41, 5.74) is 2.35. The number of amides is 1. The summed E-state index contributed by atoms with van der Waals surface area (Å²) in [6.07, 6.45) is 3.29. The lowest BCUT2D eigenvalue weighted by atomic mass is 10.2. The molecule has 1 aliphatic rings. The number of para-hydroxylation sites is 1. The third-order valence-corrected chi connectivity index (χ3v) is 5.45. The third kappa shape index (κ3) is 6.21. The number of fused-ring (bicyclic) bond motifs is 1. The first-order valence-corrected chi connectivity index (χ1v) is 10.0. The van der Waals surface area contributed by atoms with E-state index in [4.69, 9.17) is 0 Å². The van der Waals surface area contributed by atoms with E-state index in [1.807, 2.05) is 23.1 Å². The van der Waals surface area contributed by atoms with Crippen LogP contribution in [0.2, 0.25) is 0 Å². The summed E-state index contributed by atoms with van der Waals surface area (Å²) in [5.74, 6) is 0.998. The molecule has 0 fully saturated rings. The zero-order chi connectivity index (χ0) is 18.2. The van der Waals surface area contributed by atoms with Crippen LogP contribution in [0.25, 0.3) is 0 Å². The van der Waals surface area contributed by atoms with Gasteiger partial charge in [0.1, 0.15) is 0 Å². The van der Waals surface area contributed by atoms with Gasteiger partial charge >= 0.3 is 0 Å². The van der Waals surface area contributed by atoms with Gasteiger partial charge in [-0.3, -0.25) is 9.79 Å². The molecule has 1 amide bonds. The van der Waals surface area contributed by atoms with Gasteiger partial charge < -0.3 is 15.5 Å². The molecule has 0 atom stereocenters. The maximum atomic E-state index is 12.5. The van der Waals surface area contributed by atoms with Crippen molar-refractivity contribution >= 4 is 52.9 Å². The summed E-state index contributed by atoms with van der Waals surface area (Å²) in [5, 5.41) is 8.70. The SMILES string of the molecule is CN=C(NCCCC(=O)N1CCc2ccccc21)NCCc1cccs1.I. The number of thiophene rings is 1. The Bertz CT molecular complexity index is 748. The molecule has 0 aliphatic carbocycles. The summed E-state index contributed by atoms with van der Waals surface area (Å²) in [4.78, 5) is 20.0. The topological polar surface area (TPSA) is 56.7 Å². The van der Waals surface area contributed by atoms with Crippen molar-refractivity contribution in [3.63, 3.8) is 0 Å². The van der Waals surface area contributed by atoms with Crippen LogP contribution in [0.5, 0.6) is 0 Å². The van der Waals surface area contributed by atoms with E-state index in [2.05, 4.69) is 39.2 Å². The number of anilines is 1. The predicted molar refractivity (Wildman–Crippen MR) is 125 cm³/mol. The fourth-order valence-electron chi connectivity index (χ4n) is 3.16. The van der Waals surface area contributed by atoms with Crippen molar-refractivity contribution in [2.75, 3.05) is 31.6 Å². The Balaban J connectivity index is 0.00000261. The molecule has 0 spiro atoms. The number of hydrogen-bond acceptors (Lipinski definition) is 3. The second-order valence-corrected chi connectivity index (χ2v) is 7.32. The molecular formula is C20H27IN4OS. The van der Waals surface area contributed by atoms with Crippen molar-refractivity contribution in [2.45, 2.75) is 25.7 Å². The minimum Gasteiger partial charge on any atom is -0.356 e. The number of carbonyl (C=O) groups is 1. The van der Waals surface area contributed by atoms with E-state index in [9.17, 15) is 4.79 Å². The van der Waals surface area contributed by atoms with Gasteiger partial charge in [-0.1, -0.05) is 24.3 Å². The van der Waals surface area contributed by atoms with E-state index < -0.39 is 0 Å². The van der Waals surface area contributed by atoms with Gasteiger partial charge in [0.05, 0.1) is 0 Å². The number of aliphatic imine (C=N–C) groups is 1.